The van der Waals surface area contributed by atoms with Crippen LogP contribution in [-0.4, -0.2) is 51.6 Å². The van der Waals surface area contributed by atoms with Gasteiger partial charge in [-0.05, 0) is 30.7 Å². The number of amides is 3. The first-order valence-corrected chi connectivity index (χ1v) is 7.32. The second-order valence-corrected chi connectivity index (χ2v) is 5.55. The maximum Gasteiger partial charge on any atom is 0.289 e. The number of imide groups is 1. The van der Waals surface area contributed by atoms with Crippen LogP contribution in [0.25, 0.3) is 0 Å². The van der Waals surface area contributed by atoms with Gasteiger partial charge in [-0.1, -0.05) is 0 Å². The SMILES string of the molecule is O=C(c1ccco1)N1CCC(N2C(=O)c3cccnc3C2=O)C1. The number of pyridine rings is 1. The van der Waals surface area contributed by atoms with Crippen LogP contribution in [0, 0.1) is 0 Å². The molecule has 1 unspecified atom stereocenters. The number of fused-ring (bicyclic) bond motifs is 1. The number of nitrogens with zero attached hydrogens (tertiary/aromatic N) is 3. The molecule has 0 bridgehead atoms. The number of rotatable bonds is 2. The summed E-state index contributed by atoms with van der Waals surface area (Å²) in [6.07, 6.45) is 3.49. The summed E-state index contributed by atoms with van der Waals surface area (Å²) in [6.45, 7) is 0.788. The summed E-state index contributed by atoms with van der Waals surface area (Å²) in [4.78, 5) is 44.0. The van der Waals surface area contributed by atoms with Gasteiger partial charge in [0.2, 0.25) is 0 Å². The Morgan fingerprint density at radius 2 is 2.09 bits per heavy atom. The third-order valence-electron chi connectivity index (χ3n) is 4.23. The highest BCUT2D eigenvalue weighted by atomic mass is 16.3. The normalized spacial score (nSPS) is 20.3. The number of likely N-dealkylation sites (tertiary alicyclic amines) is 1. The first-order chi connectivity index (χ1) is 11.2. The molecule has 2 aliphatic rings. The molecule has 7 heteroatoms. The van der Waals surface area contributed by atoms with E-state index in [9.17, 15) is 14.4 Å². The lowest BCUT2D eigenvalue weighted by atomic mass is 10.2. The molecule has 4 heterocycles. The smallest absolute Gasteiger partial charge is 0.289 e. The summed E-state index contributed by atoms with van der Waals surface area (Å²) in [5.74, 6) is -0.694. The Kier molecular flexibility index (Phi) is 3.00. The molecule has 2 aliphatic heterocycles. The van der Waals surface area contributed by atoms with Crippen LogP contribution in [0.4, 0.5) is 0 Å². The maximum atomic E-state index is 12.4. The molecule has 2 aromatic heterocycles. The molecule has 2 aromatic rings. The van der Waals surface area contributed by atoms with Crippen LogP contribution >= 0.6 is 0 Å². The van der Waals surface area contributed by atoms with Gasteiger partial charge in [-0.15, -0.1) is 0 Å². The minimum Gasteiger partial charge on any atom is -0.459 e. The van der Waals surface area contributed by atoms with Crippen molar-refractivity contribution >= 4 is 17.7 Å². The fraction of sp³-hybridized carbons (Fsp3) is 0.250. The van der Waals surface area contributed by atoms with E-state index in [1.54, 1.807) is 29.2 Å². The number of furan rings is 1. The average Bonchev–Trinajstić information content (AvgIpc) is 3.29. The van der Waals surface area contributed by atoms with E-state index in [2.05, 4.69) is 4.98 Å². The fourth-order valence-corrected chi connectivity index (χ4v) is 3.11. The Hall–Kier alpha value is -2.96. The third kappa shape index (κ3) is 2.04. The molecule has 1 atom stereocenters. The highest BCUT2D eigenvalue weighted by Crippen LogP contribution is 2.27. The van der Waals surface area contributed by atoms with Gasteiger partial charge >= 0.3 is 0 Å². The molecule has 0 saturated carbocycles. The summed E-state index contributed by atoms with van der Waals surface area (Å²) >= 11 is 0. The zero-order valence-corrected chi connectivity index (χ0v) is 12.1. The van der Waals surface area contributed by atoms with Gasteiger partial charge in [0.25, 0.3) is 17.7 Å². The first kappa shape index (κ1) is 13.7. The number of carbonyl (C=O) groups is 3. The van der Waals surface area contributed by atoms with E-state index in [4.69, 9.17) is 4.42 Å². The van der Waals surface area contributed by atoms with Crippen molar-refractivity contribution in [3.05, 3.63) is 53.7 Å². The van der Waals surface area contributed by atoms with E-state index < -0.39 is 0 Å². The molecule has 3 amide bonds. The number of hydrogen-bond donors (Lipinski definition) is 0. The Balaban J connectivity index is 1.54. The van der Waals surface area contributed by atoms with Crippen molar-refractivity contribution in [2.75, 3.05) is 13.1 Å². The van der Waals surface area contributed by atoms with Crippen LogP contribution in [0.5, 0.6) is 0 Å². The molecule has 0 aromatic carbocycles. The van der Waals surface area contributed by atoms with Gasteiger partial charge in [-0.2, -0.15) is 0 Å². The summed E-state index contributed by atoms with van der Waals surface area (Å²) < 4.78 is 5.11. The second-order valence-electron chi connectivity index (χ2n) is 5.55. The molecule has 7 nitrogen and oxygen atoms in total. The summed E-state index contributed by atoms with van der Waals surface area (Å²) in [5, 5.41) is 0. The van der Waals surface area contributed by atoms with E-state index in [1.165, 1.54) is 17.4 Å². The largest absolute Gasteiger partial charge is 0.459 e. The quantitative estimate of drug-likeness (QED) is 0.778. The molecule has 1 saturated heterocycles. The fourth-order valence-electron chi connectivity index (χ4n) is 3.11. The number of carbonyl (C=O) groups excluding carboxylic acids is 3. The number of aromatic nitrogens is 1. The minimum absolute atomic E-state index is 0.188. The highest BCUT2D eigenvalue weighted by molar-refractivity contribution is 6.20. The van der Waals surface area contributed by atoms with E-state index in [0.717, 1.165) is 0 Å². The van der Waals surface area contributed by atoms with Crippen molar-refractivity contribution in [1.82, 2.24) is 14.8 Å². The van der Waals surface area contributed by atoms with Crippen LogP contribution in [0.1, 0.15) is 37.8 Å². The van der Waals surface area contributed by atoms with Gasteiger partial charge < -0.3 is 9.32 Å². The van der Waals surface area contributed by atoms with Crippen molar-refractivity contribution in [2.24, 2.45) is 0 Å². The van der Waals surface area contributed by atoms with Crippen molar-refractivity contribution in [3.8, 4) is 0 Å². The van der Waals surface area contributed by atoms with Gasteiger partial charge in [-0.3, -0.25) is 24.3 Å². The zero-order valence-electron chi connectivity index (χ0n) is 12.1. The molecule has 0 spiro atoms. The Bertz CT molecular complexity index is 764. The van der Waals surface area contributed by atoms with Crippen LogP contribution in [0.2, 0.25) is 0 Å². The maximum absolute atomic E-state index is 12.4. The lowest BCUT2D eigenvalue weighted by Gasteiger charge is -2.22. The van der Waals surface area contributed by atoms with Gasteiger partial charge in [0.05, 0.1) is 17.9 Å². The minimum atomic E-state index is -0.386. The first-order valence-electron chi connectivity index (χ1n) is 7.32. The van der Waals surface area contributed by atoms with Crippen molar-refractivity contribution in [2.45, 2.75) is 12.5 Å². The molecular weight excluding hydrogens is 298 g/mol. The Morgan fingerprint density at radius 1 is 1.22 bits per heavy atom. The van der Waals surface area contributed by atoms with Crippen LogP contribution in [-0.2, 0) is 0 Å². The predicted octanol–water partition coefficient (Wildman–Crippen LogP) is 1.19. The van der Waals surface area contributed by atoms with Crippen LogP contribution in [0.15, 0.2) is 41.1 Å². The molecule has 4 rings (SSSR count). The van der Waals surface area contributed by atoms with Gasteiger partial charge in [0.1, 0.15) is 5.69 Å². The summed E-state index contributed by atoms with van der Waals surface area (Å²) in [7, 11) is 0. The molecule has 1 fully saturated rings. The van der Waals surface area contributed by atoms with Crippen molar-refractivity contribution in [3.63, 3.8) is 0 Å². The van der Waals surface area contributed by atoms with E-state index in [-0.39, 0.29) is 35.2 Å². The summed E-state index contributed by atoms with van der Waals surface area (Å²) in [5.41, 5.74) is 0.515. The molecular formula is C16H13N3O4. The molecule has 116 valence electrons. The summed E-state index contributed by atoms with van der Waals surface area (Å²) in [6, 6.07) is 6.15. The third-order valence-corrected chi connectivity index (χ3v) is 4.23. The van der Waals surface area contributed by atoms with Gasteiger partial charge in [0.15, 0.2) is 5.76 Å². The van der Waals surface area contributed by atoms with E-state index >= 15 is 0 Å². The molecule has 0 aliphatic carbocycles. The van der Waals surface area contributed by atoms with Gasteiger partial charge in [0, 0.05) is 19.3 Å². The Labute approximate surface area is 131 Å². The Morgan fingerprint density at radius 3 is 2.83 bits per heavy atom. The van der Waals surface area contributed by atoms with E-state index in [1.807, 2.05) is 0 Å². The van der Waals surface area contributed by atoms with Crippen molar-refractivity contribution in [1.29, 1.82) is 0 Å². The standard InChI is InChI=1S/C16H13N3O4/c20-14-11-3-1-6-17-13(11)16(22)19(14)10-5-7-18(9-10)15(21)12-4-2-8-23-12/h1-4,6,8,10H,5,7,9H2. The zero-order chi connectivity index (χ0) is 16.0. The predicted molar refractivity (Wildman–Crippen MR) is 77.8 cm³/mol. The second kappa shape index (κ2) is 5.05. The monoisotopic (exact) mass is 311 g/mol. The topological polar surface area (TPSA) is 83.7 Å². The van der Waals surface area contributed by atoms with E-state index in [0.29, 0.717) is 25.1 Å². The molecule has 0 N–H and O–H groups in total. The van der Waals surface area contributed by atoms with Gasteiger partial charge in [-0.25, -0.2) is 0 Å². The average molecular weight is 311 g/mol. The van der Waals surface area contributed by atoms with Crippen LogP contribution < -0.4 is 0 Å². The van der Waals surface area contributed by atoms with Crippen LogP contribution in [0.3, 0.4) is 0 Å². The number of hydrogen-bond acceptors (Lipinski definition) is 5. The molecule has 23 heavy (non-hydrogen) atoms. The highest BCUT2D eigenvalue weighted by Gasteiger charge is 2.44. The van der Waals surface area contributed by atoms with Crippen molar-refractivity contribution < 1.29 is 18.8 Å². The molecule has 0 radical (unpaired) electrons. The lowest BCUT2D eigenvalue weighted by molar-refractivity contribution is 0.0570. The lowest BCUT2D eigenvalue weighted by Crippen LogP contribution is -2.42.